The van der Waals surface area contributed by atoms with Crippen molar-refractivity contribution in [1.29, 1.82) is 0 Å². The molecule has 47 heavy (non-hydrogen) atoms. The maximum absolute atomic E-state index is 13.0. The lowest BCUT2D eigenvalue weighted by Crippen LogP contribution is -2.61. The van der Waals surface area contributed by atoms with Gasteiger partial charge < -0.3 is 40.7 Å². The molecule has 0 aromatic heterocycles. The monoisotopic (exact) mass is 665 g/mol. The minimum atomic E-state index is -1.55. The zero-order valence-corrected chi connectivity index (χ0v) is 29.1. The van der Waals surface area contributed by atoms with Crippen molar-refractivity contribution in [3.63, 3.8) is 0 Å². The molecule has 1 aliphatic heterocycles. The molecule has 1 saturated heterocycles. The zero-order chi connectivity index (χ0) is 34.3. The molecule has 1 amide bonds. The third-order valence-electron chi connectivity index (χ3n) is 9.70. The highest BCUT2D eigenvalue weighted by atomic mass is 16.5. The lowest BCUT2D eigenvalue weighted by Gasteiger charge is -2.42. The summed E-state index contributed by atoms with van der Waals surface area (Å²) in [6.45, 7) is 1.67. The van der Waals surface area contributed by atoms with Crippen molar-refractivity contribution in [3.8, 4) is 0 Å². The van der Waals surface area contributed by atoms with E-state index in [1.807, 2.05) is 18.2 Å². The number of carbonyl (C=O) groups is 1. The Morgan fingerprint density at radius 3 is 1.85 bits per heavy atom. The first-order valence-corrected chi connectivity index (χ1v) is 18.8. The molecular weight excluding hydrogens is 598 g/mol. The van der Waals surface area contributed by atoms with Crippen molar-refractivity contribution in [2.24, 2.45) is 0 Å². The molecule has 2 rings (SSSR count). The van der Waals surface area contributed by atoms with Crippen molar-refractivity contribution < 1.29 is 40.2 Å². The highest BCUT2D eigenvalue weighted by Gasteiger charge is 2.45. The van der Waals surface area contributed by atoms with Crippen LogP contribution in [0.3, 0.4) is 0 Å². The van der Waals surface area contributed by atoms with Crippen molar-refractivity contribution in [1.82, 2.24) is 5.32 Å². The van der Waals surface area contributed by atoms with Gasteiger partial charge in [0, 0.05) is 6.42 Å². The van der Waals surface area contributed by atoms with Gasteiger partial charge in [-0.25, -0.2) is 0 Å². The Morgan fingerprint density at radius 1 is 0.723 bits per heavy atom. The van der Waals surface area contributed by atoms with Crippen LogP contribution in [0, 0.1) is 0 Å². The maximum atomic E-state index is 13.0. The fourth-order valence-corrected chi connectivity index (χ4v) is 6.61. The molecule has 0 unspecified atom stereocenters. The van der Waals surface area contributed by atoms with Crippen LogP contribution in [0.25, 0.3) is 0 Å². The molecule has 0 aliphatic carbocycles. The number of aliphatic hydroxyl groups excluding tert-OH is 6. The zero-order valence-electron chi connectivity index (χ0n) is 29.1. The van der Waals surface area contributed by atoms with E-state index in [0.717, 1.165) is 57.8 Å². The average Bonchev–Trinajstić information content (AvgIpc) is 3.08. The van der Waals surface area contributed by atoms with E-state index in [1.54, 1.807) is 0 Å². The van der Waals surface area contributed by atoms with Gasteiger partial charge >= 0.3 is 0 Å². The summed E-state index contributed by atoms with van der Waals surface area (Å²) < 4.78 is 5.66. The van der Waals surface area contributed by atoms with E-state index in [9.17, 15) is 35.4 Å². The van der Waals surface area contributed by atoms with E-state index in [-0.39, 0.29) is 18.7 Å². The standard InChI is InChI=1S/C38H67NO8/c1-2-3-4-5-6-7-8-9-10-11-14-20-25-31(41)35(43)30(27-32-36(44)38(46)37(45)33(28-40)47-32)39-34(42)26-21-15-12-13-17-22-29-23-18-16-19-24-29/h16,18-19,23-24,30-33,35-38,40-41,43-46H,2-15,17,20-22,25-28H2,1H3,(H,39,42)/t30-,31+,32+,33+,35-,36-,37-,38+/m0/s1. The number of unbranched alkanes of at least 4 members (excludes halogenated alkanes) is 15. The molecule has 1 heterocycles. The molecule has 1 aliphatic rings. The second-order valence-corrected chi connectivity index (χ2v) is 13.8. The lowest BCUT2D eigenvalue weighted by molar-refractivity contribution is -0.233. The smallest absolute Gasteiger partial charge is 0.220 e. The van der Waals surface area contributed by atoms with Gasteiger partial charge in [0.2, 0.25) is 5.91 Å². The number of aliphatic hydroxyl groups is 6. The third kappa shape index (κ3) is 17.1. The minimum Gasteiger partial charge on any atom is -0.394 e. The summed E-state index contributed by atoms with van der Waals surface area (Å²) in [6, 6.07) is 9.44. The molecule has 1 fully saturated rings. The molecule has 1 aromatic rings. The second kappa shape index (κ2) is 25.4. The Balaban J connectivity index is 1.78. The Kier molecular flexibility index (Phi) is 22.5. The number of carbonyl (C=O) groups excluding carboxylic acids is 1. The van der Waals surface area contributed by atoms with Crippen LogP contribution < -0.4 is 5.32 Å². The molecule has 272 valence electrons. The number of nitrogens with one attached hydrogen (secondary N) is 1. The van der Waals surface area contributed by atoms with Gasteiger partial charge in [0.05, 0.1) is 24.9 Å². The van der Waals surface area contributed by atoms with Crippen LogP contribution in [0.4, 0.5) is 0 Å². The molecule has 0 spiro atoms. The molecule has 1 aromatic carbocycles. The van der Waals surface area contributed by atoms with Crippen molar-refractivity contribution in [2.45, 2.75) is 191 Å². The number of ether oxygens (including phenoxy) is 1. The largest absolute Gasteiger partial charge is 0.394 e. The first-order chi connectivity index (χ1) is 22.8. The highest BCUT2D eigenvalue weighted by molar-refractivity contribution is 5.76. The molecule has 0 bridgehead atoms. The van der Waals surface area contributed by atoms with Gasteiger partial charge in [0.1, 0.15) is 30.5 Å². The summed E-state index contributed by atoms with van der Waals surface area (Å²) in [4.78, 5) is 13.0. The molecule has 8 atom stereocenters. The number of amides is 1. The van der Waals surface area contributed by atoms with E-state index in [1.165, 1.54) is 56.9 Å². The van der Waals surface area contributed by atoms with Crippen molar-refractivity contribution >= 4 is 5.91 Å². The fraction of sp³-hybridized carbons (Fsp3) is 0.816. The van der Waals surface area contributed by atoms with Crippen molar-refractivity contribution in [3.05, 3.63) is 35.9 Å². The van der Waals surface area contributed by atoms with Crippen LogP contribution in [0.2, 0.25) is 0 Å². The van der Waals surface area contributed by atoms with Crippen LogP contribution in [0.15, 0.2) is 30.3 Å². The van der Waals surface area contributed by atoms with Crippen LogP contribution >= 0.6 is 0 Å². The third-order valence-corrected chi connectivity index (χ3v) is 9.70. The van der Waals surface area contributed by atoms with Gasteiger partial charge in [-0.1, -0.05) is 134 Å². The SMILES string of the molecule is CCCCCCCCCCCCCC[C@@H](O)[C@@H](O)[C@H](C[C@H]1O[C@H](CO)[C@H](O)[C@H](O)[C@H]1O)NC(=O)CCCCCCCc1ccccc1. The van der Waals surface area contributed by atoms with Gasteiger partial charge in [-0.2, -0.15) is 0 Å². The summed E-state index contributed by atoms with van der Waals surface area (Å²) in [5.41, 5.74) is 1.33. The maximum Gasteiger partial charge on any atom is 0.220 e. The summed E-state index contributed by atoms with van der Waals surface area (Å²) in [5, 5.41) is 65.5. The van der Waals surface area contributed by atoms with Gasteiger partial charge in [0.15, 0.2) is 0 Å². The fourth-order valence-electron chi connectivity index (χ4n) is 6.61. The average molecular weight is 666 g/mol. The molecule has 7 N–H and O–H groups in total. The van der Waals surface area contributed by atoms with E-state index in [4.69, 9.17) is 4.74 Å². The molecular formula is C38H67NO8. The highest BCUT2D eigenvalue weighted by Crippen LogP contribution is 2.26. The van der Waals surface area contributed by atoms with E-state index < -0.39 is 55.4 Å². The van der Waals surface area contributed by atoms with E-state index in [0.29, 0.717) is 12.8 Å². The van der Waals surface area contributed by atoms with E-state index >= 15 is 0 Å². The van der Waals surface area contributed by atoms with Crippen LogP contribution in [0.1, 0.15) is 141 Å². The van der Waals surface area contributed by atoms with Gasteiger partial charge in [-0.05, 0) is 37.7 Å². The van der Waals surface area contributed by atoms with Gasteiger partial charge in [0.25, 0.3) is 0 Å². The number of hydrogen-bond donors (Lipinski definition) is 7. The predicted molar refractivity (Wildman–Crippen MR) is 186 cm³/mol. The van der Waals surface area contributed by atoms with Crippen LogP contribution in [-0.2, 0) is 16.0 Å². The van der Waals surface area contributed by atoms with Crippen LogP contribution in [0.5, 0.6) is 0 Å². The molecule has 9 nitrogen and oxygen atoms in total. The predicted octanol–water partition coefficient (Wildman–Crippen LogP) is 5.10. The Morgan fingerprint density at radius 2 is 1.26 bits per heavy atom. The summed E-state index contributed by atoms with van der Waals surface area (Å²) in [5.74, 6) is -0.263. The first kappa shape index (κ1) is 41.6. The van der Waals surface area contributed by atoms with Gasteiger partial charge in [-0.3, -0.25) is 4.79 Å². The number of aryl methyl sites for hydroxylation is 1. The Labute approximate surface area is 284 Å². The van der Waals surface area contributed by atoms with Gasteiger partial charge in [-0.15, -0.1) is 0 Å². The number of benzene rings is 1. The summed E-state index contributed by atoms with van der Waals surface area (Å²) in [7, 11) is 0. The second-order valence-electron chi connectivity index (χ2n) is 13.8. The van der Waals surface area contributed by atoms with Crippen LogP contribution in [-0.4, -0.2) is 91.9 Å². The Bertz CT molecular complexity index is 903. The normalized spacial score (nSPS) is 23.3. The molecule has 0 saturated carbocycles. The summed E-state index contributed by atoms with van der Waals surface area (Å²) >= 11 is 0. The summed E-state index contributed by atoms with van der Waals surface area (Å²) in [6.07, 6.45) is 11.7. The molecule has 0 radical (unpaired) electrons. The van der Waals surface area contributed by atoms with E-state index in [2.05, 4.69) is 24.4 Å². The first-order valence-electron chi connectivity index (χ1n) is 18.8. The minimum absolute atomic E-state index is 0.0939. The lowest BCUT2D eigenvalue weighted by atomic mass is 9.88. The topological polar surface area (TPSA) is 160 Å². The quantitative estimate of drug-likeness (QED) is 0.0640. The number of hydrogen-bond acceptors (Lipinski definition) is 8. The Hall–Kier alpha value is -1.59. The number of rotatable bonds is 27. The molecule has 9 heteroatoms. The van der Waals surface area contributed by atoms with Crippen molar-refractivity contribution in [2.75, 3.05) is 6.61 Å².